The van der Waals surface area contributed by atoms with E-state index in [9.17, 15) is 4.79 Å². The third-order valence-corrected chi connectivity index (χ3v) is 3.55. The van der Waals surface area contributed by atoms with E-state index in [0.29, 0.717) is 30.4 Å². The van der Waals surface area contributed by atoms with Crippen LogP contribution in [0, 0.1) is 0 Å². The first kappa shape index (κ1) is 13.7. The van der Waals surface area contributed by atoms with E-state index in [1.807, 2.05) is 18.2 Å². The lowest BCUT2D eigenvalue weighted by atomic mass is 9.94. The molecule has 112 valence electrons. The van der Waals surface area contributed by atoms with Gasteiger partial charge in [0.25, 0.3) is 5.60 Å². The molecule has 7 heteroatoms. The fraction of sp³-hybridized carbons (Fsp3) is 0.429. The third-order valence-electron chi connectivity index (χ3n) is 3.55. The van der Waals surface area contributed by atoms with Gasteiger partial charge in [-0.2, -0.15) is 0 Å². The molecule has 21 heavy (non-hydrogen) atoms. The Balaban J connectivity index is 1.84. The summed E-state index contributed by atoms with van der Waals surface area (Å²) in [5, 5.41) is 3.99. The Hall–Kier alpha value is -2.28. The number of hydrogen-bond acceptors (Lipinski definition) is 7. The maximum Gasteiger partial charge on any atom is 0.354 e. The average Bonchev–Trinajstić information content (AvgIpc) is 2.99. The van der Waals surface area contributed by atoms with Gasteiger partial charge < -0.3 is 24.8 Å². The number of ether oxygens (including phenoxy) is 3. The van der Waals surface area contributed by atoms with Crippen molar-refractivity contribution in [2.24, 2.45) is 10.9 Å². The van der Waals surface area contributed by atoms with Crippen LogP contribution in [0.15, 0.2) is 23.4 Å². The Morgan fingerprint density at radius 1 is 1.38 bits per heavy atom. The van der Waals surface area contributed by atoms with Crippen LogP contribution in [0.2, 0.25) is 0 Å². The number of esters is 1. The summed E-state index contributed by atoms with van der Waals surface area (Å²) in [4.78, 5) is 17.1. The summed E-state index contributed by atoms with van der Waals surface area (Å²) < 4.78 is 15.7. The normalized spacial score (nSPS) is 23.2. The number of rotatable bonds is 3. The van der Waals surface area contributed by atoms with Crippen molar-refractivity contribution in [3.8, 4) is 11.5 Å². The van der Waals surface area contributed by atoms with Crippen molar-refractivity contribution < 1.29 is 23.8 Å². The smallest absolute Gasteiger partial charge is 0.354 e. The molecule has 0 amide bonds. The van der Waals surface area contributed by atoms with E-state index in [1.54, 1.807) is 0 Å². The number of carbonyl (C=O) groups is 1. The van der Waals surface area contributed by atoms with Crippen molar-refractivity contribution in [3.05, 3.63) is 23.8 Å². The number of methoxy groups -OCH3 is 1. The molecule has 2 aliphatic heterocycles. The Bertz CT molecular complexity index is 601. The van der Waals surface area contributed by atoms with Gasteiger partial charge in [-0.3, -0.25) is 0 Å². The zero-order valence-corrected chi connectivity index (χ0v) is 11.6. The molecule has 2 aliphatic rings. The molecule has 2 N–H and O–H groups in total. The van der Waals surface area contributed by atoms with Gasteiger partial charge in [0.1, 0.15) is 13.2 Å². The molecule has 2 heterocycles. The SMILES string of the molecule is COC(=O)C1(CN)CC(c2ccc3c(c2)OCCO3)=NO1. The van der Waals surface area contributed by atoms with E-state index in [4.69, 9.17) is 24.8 Å². The van der Waals surface area contributed by atoms with Crippen LogP contribution >= 0.6 is 0 Å². The van der Waals surface area contributed by atoms with E-state index in [1.165, 1.54) is 7.11 Å². The topological polar surface area (TPSA) is 92.4 Å². The largest absolute Gasteiger partial charge is 0.486 e. The minimum atomic E-state index is -1.24. The highest BCUT2D eigenvalue weighted by Gasteiger charge is 2.47. The summed E-state index contributed by atoms with van der Waals surface area (Å²) in [6.07, 6.45) is 0.260. The van der Waals surface area contributed by atoms with Gasteiger partial charge in [-0.05, 0) is 18.2 Å². The number of benzene rings is 1. The molecule has 0 saturated carbocycles. The first-order valence-electron chi connectivity index (χ1n) is 6.62. The van der Waals surface area contributed by atoms with Crippen LogP contribution in [0.4, 0.5) is 0 Å². The number of nitrogens with two attached hydrogens (primary N) is 1. The van der Waals surface area contributed by atoms with Crippen LogP contribution < -0.4 is 15.2 Å². The average molecular weight is 292 g/mol. The Kier molecular flexibility index (Phi) is 3.42. The molecular formula is C14H16N2O5. The van der Waals surface area contributed by atoms with Crippen molar-refractivity contribution in [1.29, 1.82) is 0 Å². The van der Waals surface area contributed by atoms with Crippen LogP contribution in [0.25, 0.3) is 0 Å². The highest BCUT2D eigenvalue weighted by Crippen LogP contribution is 2.34. The van der Waals surface area contributed by atoms with Crippen LogP contribution in [0.1, 0.15) is 12.0 Å². The lowest BCUT2D eigenvalue weighted by molar-refractivity contribution is -0.165. The van der Waals surface area contributed by atoms with Crippen LogP contribution in [-0.2, 0) is 14.4 Å². The summed E-state index contributed by atoms with van der Waals surface area (Å²) in [6.45, 7) is 1.04. The van der Waals surface area contributed by atoms with E-state index in [-0.39, 0.29) is 13.0 Å². The number of fused-ring (bicyclic) bond motifs is 1. The van der Waals surface area contributed by atoms with Gasteiger partial charge >= 0.3 is 5.97 Å². The summed E-state index contributed by atoms with van der Waals surface area (Å²) >= 11 is 0. The highest BCUT2D eigenvalue weighted by molar-refractivity contribution is 6.05. The molecule has 7 nitrogen and oxygen atoms in total. The minimum Gasteiger partial charge on any atom is -0.486 e. The molecule has 0 aromatic heterocycles. The maximum atomic E-state index is 11.8. The predicted molar refractivity (Wildman–Crippen MR) is 73.5 cm³/mol. The summed E-state index contributed by atoms with van der Waals surface area (Å²) in [7, 11) is 1.30. The molecule has 3 rings (SSSR count). The fourth-order valence-corrected chi connectivity index (χ4v) is 2.34. The fourth-order valence-electron chi connectivity index (χ4n) is 2.34. The van der Waals surface area contributed by atoms with E-state index < -0.39 is 11.6 Å². The Morgan fingerprint density at radius 2 is 2.14 bits per heavy atom. The van der Waals surface area contributed by atoms with Gasteiger partial charge in [0.15, 0.2) is 11.5 Å². The lowest BCUT2D eigenvalue weighted by Crippen LogP contribution is -2.46. The van der Waals surface area contributed by atoms with Gasteiger partial charge in [0, 0.05) is 18.5 Å². The van der Waals surface area contributed by atoms with Gasteiger partial charge in [0.2, 0.25) is 0 Å². The third kappa shape index (κ3) is 2.29. The van der Waals surface area contributed by atoms with Crippen LogP contribution in [-0.4, -0.2) is 44.2 Å². The van der Waals surface area contributed by atoms with Crippen molar-refractivity contribution in [2.45, 2.75) is 12.0 Å². The molecule has 0 radical (unpaired) electrons. The Morgan fingerprint density at radius 3 is 2.86 bits per heavy atom. The molecule has 0 spiro atoms. The molecule has 1 aromatic rings. The predicted octanol–water partition coefficient (Wildman–Crippen LogP) is 0.453. The van der Waals surface area contributed by atoms with Crippen molar-refractivity contribution in [1.82, 2.24) is 0 Å². The summed E-state index contributed by atoms with van der Waals surface area (Å²) in [6, 6.07) is 5.48. The molecule has 0 aliphatic carbocycles. The second-order valence-electron chi connectivity index (χ2n) is 4.85. The standard InChI is InChI=1S/C14H16N2O5/c1-18-13(17)14(8-15)7-10(16-21-14)9-2-3-11-12(6-9)20-5-4-19-11/h2-3,6H,4-5,7-8,15H2,1H3. The molecule has 1 aromatic carbocycles. The van der Waals surface area contributed by atoms with Crippen LogP contribution in [0.5, 0.6) is 11.5 Å². The summed E-state index contributed by atoms with van der Waals surface area (Å²) in [5.41, 5.74) is 5.85. The Labute approximate surface area is 121 Å². The van der Waals surface area contributed by atoms with Crippen molar-refractivity contribution in [2.75, 3.05) is 26.9 Å². The quantitative estimate of drug-likeness (QED) is 0.813. The van der Waals surface area contributed by atoms with Gasteiger partial charge in [-0.15, -0.1) is 0 Å². The van der Waals surface area contributed by atoms with Gasteiger partial charge in [-0.25, -0.2) is 4.79 Å². The second kappa shape index (κ2) is 5.25. The molecule has 0 fully saturated rings. The van der Waals surface area contributed by atoms with Crippen molar-refractivity contribution >= 4 is 11.7 Å². The van der Waals surface area contributed by atoms with E-state index in [2.05, 4.69) is 5.16 Å². The first-order valence-corrected chi connectivity index (χ1v) is 6.62. The molecular weight excluding hydrogens is 276 g/mol. The maximum absolute atomic E-state index is 11.8. The summed E-state index contributed by atoms with van der Waals surface area (Å²) in [5.74, 6) is 0.827. The molecule has 1 unspecified atom stereocenters. The number of nitrogens with zero attached hydrogens (tertiary/aromatic N) is 1. The first-order chi connectivity index (χ1) is 10.2. The number of oxime groups is 1. The minimum absolute atomic E-state index is 0.00275. The number of hydrogen-bond donors (Lipinski definition) is 1. The molecule has 0 bridgehead atoms. The monoisotopic (exact) mass is 292 g/mol. The molecule has 0 saturated heterocycles. The van der Waals surface area contributed by atoms with Gasteiger partial charge in [-0.1, -0.05) is 5.16 Å². The number of carbonyl (C=O) groups excluding carboxylic acids is 1. The molecule has 1 atom stereocenters. The lowest BCUT2D eigenvalue weighted by Gasteiger charge is -2.21. The highest BCUT2D eigenvalue weighted by atomic mass is 16.7. The van der Waals surface area contributed by atoms with E-state index in [0.717, 1.165) is 5.56 Å². The van der Waals surface area contributed by atoms with E-state index >= 15 is 0 Å². The zero-order chi connectivity index (χ0) is 14.9. The second-order valence-corrected chi connectivity index (χ2v) is 4.85. The zero-order valence-electron chi connectivity index (χ0n) is 11.6. The van der Waals surface area contributed by atoms with Crippen LogP contribution in [0.3, 0.4) is 0 Å². The van der Waals surface area contributed by atoms with Crippen molar-refractivity contribution in [3.63, 3.8) is 0 Å². The van der Waals surface area contributed by atoms with Gasteiger partial charge in [0.05, 0.1) is 12.8 Å².